The van der Waals surface area contributed by atoms with Gasteiger partial charge in [-0.15, -0.1) is 0 Å². The first-order valence-electron chi connectivity index (χ1n) is 12.2. The lowest BCUT2D eigenvalue weighted by molar-refractivity contribution is -0.122. The molecule has 0 unspecified atom stereocenters. The molecule has 32 heavy (non-hydrogen) atoms. The number of ether oxygens (including phenoxy) is 1. The number of benzene rings is 1. The molecule has 1 saturated heterocycles. The van der Waals surface area contributed by atoms with E-state index in [9.17, 15) is 4.79 Å². The van der Waals surface area contributed by atoms with Crippen molar-refractivity contribution in [1.29, 1.82) is 0 Å². The third-order valence-corrected chi connectivity index (χ3v) is 7.16. The van der Waals surface area contributed by atoms with E-state index in [-0.39, 0.29) is 5.91 Å². The predicted octanol–water partition coefficient (Wildman–Crippen LogP) is 4.28. The van der Waals surface area contributed by atoms with Crippen LogP contribution in [0.2, 0.25) is 0 Å². The van der Waals surface area contributed by atoms with Crippen molar-refractivity contribution in [1.82, 2.24) is 15.8 Å². The highest BCUT2D eigenvalue weighted by molar-refractivity contribution is 5.76. The Balaban J connectivity index is 1.26. The number of rotatable bonds is 9. The van der Waals surface area contributed by atoms with E-state index in [4.69, 9.17) is 9.26 Å². The Morgan fingerprint density at radius 3 is 2.72 bits per heavy atom. The van der Waals surface area contributed by atoms with Gasteiger partial charge in [0.1, 0.15) is 11.5 Å². The predicted molar refractivity (Wildman–Crippen MR) is 124 cm³/mol. The SMILES string of the molecule is COc1ccc(CNC(=O)C[C@@H]2CCNC[C@@H]2Cc2cc(CC3CCCCC3)on2)cc1. The molecule has 1 aromatic carbocycles. The molecule has 2 N–H and O–H groups in total. The van der Waals surface area contributed by atoms with Gasteiger partial charge in [0.2, 0.25) is 5.91 Å². The molecule has 0 spiro atoms. The second-order valence-corrected chi connectivity index (χ2v) is 9.54. The summed E-state index contributed by atoms with van der Waals surface area (Å²) in [4.78, 5) is 12.6. The van der Waals surface area contributed by atoms with Gasteiger partial charge in [-0.05, 0) is 61.4 Å². The van der Waals surface area contributed by atoms with Crippen LogP contribution in [-0.2, 0) is 24.2 Å². The molecule has 1 saturated carbocycles. The van der Waals surface area contributed by atoms with Gasteiger partial charge in [-0.2, -0.15) is 0 Å². The first-order chi connectivity index (χ1) is 15.7. The second kappa shape index (κ2) is 11.5. The van der Waals surface area contributed by atoms with E-state index >= 15 is 0 Å². The maximum atomic E-state index is 12.6. The maximum Gasteiger partial charge on any atom is 0.220 e. The molecule has 2 fully saturated rings. The van der Waals surface area contributed by atoms with Gasteiger partial charge in [0.25, 0.3) is 0 Å². The summed E-state index contributed by atoms with van der Waals surface area (Å²) in [6.07, 6.45) is 10.2. The van der Waals surface area contributed by atoms with E-state index in [0.29, 0.717) is 24.8 Å². The third kappa shape index (κ3) is 6.58. The summed E-state index contributed by atoms with van der Waals surface area (Å²) in [5.41, 5.74) is 2.11. The molecular weight excluding hydrogens is 402 g/mol. The smallest absolute Gasteiger partial charge is 0.220 e. The topological polar surface area (TPSA) is 76.4 Å². The van der Waals surface area contributed by atoms with E-state index < -0.39 is 0 Å². The summed E-state index contributed by atoms with van der Waals surface area (Å²) in [6, 6.07) is 9.98. The summed E-state index contributed by atoms with van der Waals surface area (Å²) >= 11 is 0. The Morgan fingerprint density at radius 2 is 1.94 bits per heavy atom. The van der Waals surface area contributed by atoms with Crippen molar-refractivity contribution in [2.24, 2.45) is 17.8 Å². The minimum Gasteiger partial charge on any atom is -0.497 e. The molecule has 6 nitrogen and oxygen atoms in total. The third-order valence-electron chi connectivity index (χ3n) is 7.16. The molecule has 2 atom stereocenters. The number of nitrogens with zero attached hydrogens (tertiary/aromatic N) is 1. The van der Waals surface area contributed by atoms with Crippen LogP contribution in [0.3, 0.4) is 0 Å². The lowest BCUT2D eigenvalue weighted by Gasteiger charge is -2.31. The van der Waals surface area contributed by atoms with Gasteiger partial charge in [0.05, 0.1) is 12.8 Å². The van der Waals surface area contributed by atoms with Crippen molar-refractivity contribution in [2.45, 2.75) is 64.3 Å². The molecule has 0 bridgehead atoms. The van der Waals surface area contributed by atoms with Crippen LogP contribution >= 0.6 is 0 Å². The van der Waals surface area contributed by atoms with Gasteiger partial charge in [0.15, 0.2) is 0 Å². The number of hydrogen-bond donors (Lipinski definition) is 2. The standard InChI is InChI=1S/C26H37N3O3/c1-31-24-9-7-20(8-10-24)17-28-26(30)15-21-11-12-27-18-22(21)14-23-16-25(32-29-23)13-19-5-3-2-4-6-19/h7-10,16,19,21-22,27H,2-6,11-15,17-18H2,1H3,(H,28,30)/t21-,22-/m0/s1. The van der Waals surface area contributed by atoms with Crippen LogP contribution in [0.15, 0.2) is 34.9 Å². The normalized spacial score (nSPS) is 21.9. The van der Waals surface area contributed by atoms with E-state index in [1.54, 1.807) is 7.11 Å². The van der Waals surface area contributed by atoms with Gasteiger partial charge in [0, 0.05) is 25.5 Å². The average molecular weight is 440 g/mol. The summed E-state index contributed by atoms with van der Waals surface area (Å²) in [5.74, 6) is 3.50. The fourth-order valence-electron chi connectivity index (χ4n) is 5.23. The summed E-state index contributed by atoms with van der Waals surface area (Å²) in [5, 5.41) is 10.9. The van der Waals surface area contributed by atoms with Crippen LogP contribution in [0.1, 0.15) is 62.0 Å². The Bertz CT molecular complexity index is 842. The first kappa shape index (κ1) is 22.8. The fourth-order valence-corrected chi connectivity index (χ4v) is 5.23. The van der Waals surface area contributed by atoms with Crippen LogP contribution in [-0.4, -0.2) is 31.3 Å². The van der Waals surface area contributed by atoms with Crippen LogP contribution in [0.4, 0.5) is 0 Å². The Labute approximate surface area is 191 Å². The van der Waals surface area contributed by atoms with Crippen LogP contribution in [0.5, 0.6) is 5.75 Å². The molecule has 0 radical (unpaired) electrons. The number of methoxy groups -OCH3 is 1. The van der Waals surface area contributed by atoms with Crippen molar-refractivity contribution in [3.8, 4) is 5.75 Å². The minimum absolute atomic E-state index is 0.121. The Morgan fingerprint density at radius 1 is 1.12 bits per heavy atom. The molecule has 1 aromatic heterocycles. The molecular formula is C26H37N3O3. The molecule has 1 amide bonds. The zero-order valence-corrected chi connectivity index (χ0v) is 19.3. The number of nitrogens with one attached hydrogen (secondary N) is 2. The van der Waals surface area contributed by atoms with Crippen LogP contribution < -0.4 is 15.4 Å². The molecule has 174 valence electrons. The van der Waals surface area contributed by atoms with E-state index in [1.807, 2.05) is 24.3 Å². The highest BCUT2D eigenvalue weighted by Crippen LogP contribution is 2.29. The van der Waals surface area contributed by atoms with Gasteiger partial charge in [-0.3, -0.25) is 4.79 Å². The van der Waals surface area contributed by atoms with Crippen LogP contribution in [0.25, 0.3) is 0 Å². The van der Waals surface area contributed by atoms with Crippen molar-refractivity contribution < 1.29 is 14.1 Å². The minimum atomic E-state index is 0.121. The molecule has 1 aliphatic carbocycles. The average Bonchev–Trinajstić information content (AvgIpc) is 3.26. The summed E-state index contributed by atoms with van der Waals surface area (Å²) < 4.78 is 10.9. The van der Waals surface area contributed by atoms with Crippen LogP contribution in [0, 0.1) is 17.8 Å². The molecule has 2 heterocycles. The zero-order chi connectivity index (χ0) is 22.2. The largest absolute Gasteiger partial charge is 0.497 e. The summed E-state index contributed by atoms with van der Waals surface area (Å²) in [6.45, 7) is 2.45. The fraction of sp³-hybridized carbons (Fsp3) is 0.615. The monoisotopic (exact) mass is 439 g/mol. The highest BCUT2D eigenvalue weighted by atomic mass is 16.5. The number of aromatic nitrogens is 1. The molecule has 2 aliphatic rings. The van der Waals surface area contributed by atoms with Gasteiger partial charge >= 0.3 is 0 Å². The van der Waals surface area contributed by atoms with Gasteiger partial charge < -0.3 is 19.9 Å². The molecule has 1 aliphatic heterocycles. The number of carbonyl (C=O) groups is 1. The molecule has 6 heteroatoms. The van der Waals surface area contributed by atoms with Gasteiger partial charge in [-0.1, -0.05) is 49.4 Å². The Hall–Kier alpha value is -2.34. The lowest BCUT2D eigenvalue weighted by atomic mass is 9.81. The maximum absolute atomic E-state index is 12.6. The second-order valence-electron chi connectivity index (χ2n) is 9.54. The summed E-state index contributed by atoms with van der Waals surface area (Å²) in [7, 11) is 1.66. The number of amides is 1. The quantitative estimate of drug-likeness (QED) is 0.610. The number of carbonyl (C=O) groups excluding carboxylic acids is 1. The van der Waals surface area contributed by atoms with Crippen molar-refractivity contribution in [3.05, 3.63) is 47.3 Å². The van der Waals surface area contributed by atoms with E-state index in [2.05, 4.69) is 21.9 Å². The van der Waals surface area contributed by atoms with E-state index in [1.165, 1.54) is 32.1 Å². The zero-order valence-electron chi connectivity index (χ0n) is 19.3. The lowest BCUT2D eigenvalue weighted by Crippen LogP contribution is -2.40. The molecule has 2 aromatic rings. The molecule has 4 rings (SSSR count). The van der Waals surface area contributed by atoms with Gasteiger partial charge in [-0.25, -0.2) is 0 Å². The first-order valence-corrected chi connectivity index (χ1v) is 12.2. The van der Waals surface area contributed by atoms with Crippen molar-refractivity contribution in [3.63, 3.8) is 0 Å². The highest BCUT2D eigenvalue weighted by Gasteiger charge is 2.28. The number of hydrogen-bond acceptors (Lipinski definition) is 5. The van der Waals surface area contributed by atoms with E-state index in [0.717, 1.165) is 61.0 Å². The number of piperidine rings is 1. The van der Waals surface area contributed by atoms with Crippen molar-refractivity contribution >= 4 is 5.91 Å². The Kier molecular flexibility index (Phi) is 8.21. The van der Waals surface area contributed by atoms with Crippen molar-refractivity contribution in [2.75, 3.05) is 20.2 Å².